The Morgan fingerprint density at radius 3 is 2.65 bits per heavy atom. The molecule has 4 rings (SSSR count). The molecule has 0 amide bonds. The molecule has 0 radical (unpaired) electrons. The molecule has 2 fully saturated rings. The predicted molar refractivity (Wildman–Crippen MR) is 130 cm³/mol. The summed E-state index contributed by atoms with van der Waals surface area (Å²) in [5.74, 6) is -0.288. The van der Waals surface area contributed by atoms with Gasteiger partial charge in [0.15, 0.2) is 0 Å². The van der Waals surface area contributed by atoms with Crippen molar-refractivity contribution in [3.8, 4) is 0 Å². The Bertz CT molecular complexity index is 1370. The highest BCUT2D eigenvalue weighted by Crippen LogP contribution is 2.41. The topological polar surface area (TPSA) is 24.8 Å². The van der Waals surface area contributed by atoms with E-state index in [1.54, 1.807) is 6.92 Å². The molecule has 0 bridgehead atoms. The fourth-order valence-electron chi connectivity index (χ4n) is 4.48. The van der Waals surface area contributed by atoms with Gasteiger partial charge in [-0.1, -0.05) is 55.6 Å². The Hall–Kier alpha value is -2.34. The summed E-state index contributed by atoms with van der Waals surface area (Å²) < 4.78 is 123. The third-order valence-corrected chi connectivity index (χ3v) is 6.33. The second kappa shape index (κ2) is 10.9. The summed E-state index contributed by atoms with van der Waals surface area (Å²) in [6, 6.07) is 7.45. The van der Waals surface area contributed by atoms with E-state index in [0.717, 1.165) is 24.2 Å². The normalized spacial score (nSPS) is 26.8. The van der Waals surface area contributed by atoms with Gasteiger partial charge in [0.05, 0.1) is 14.0 Å². The second-order valence-corrected chi connectivity index (χ2v) is 8.59. The molecule has 0 N–H and O–H groups in total. The van der Waals surface area contributed by atoms with Crippen molar-refractivity contribution < 1.29 is 31.7 Å². The fraction of sp³-hybridized carbons (Fsp3) is 0.536. The van der Waals surface area contributed by atoms with Crippen LogP contribution in [0.25, 0.3) is 0 Å². The Balaban J connectivity index is 1.64. The van der Waals surface area contributed by atoms with Gasteiger partial charge in [-0.2, -0.15) is 13.2 Å². The fourth-order valence-corrected chi connectivity index (χ4v) is 4.48. The lowest BCUT2D eigenvalue weighted by Crippen LogP contribution is -2.36. The van der Waals surface area contributed by atoms with Crippen LogP contribution in [0.2, 0.25) is 0 Å². The van der Waals surface area contributed by atoms with Crippen LogP contribution in [0.5, 0.6) is 0 Å². The van der Waals surface area contributed by atoms with E-state index in [4.69, 9.17) is 18.5 Å². The van der Waals surface area contributed by atoms with Crippen LogP contribution in [0.15, 0.2) is 41.6 Å². The van der Waals surface area contributed by atoms with Gasteiger partial charge in [0.25, 0.3) is 0 Å². The highest BCUT2D eigenvalue weighted by molar-refractivity contribution is 5.98. The number of hydrogen-bond acceptors (Lipinski definition) is 3. The van der Waals surface area contributed by atoms with Gasteiger partial charge in [0.2, 0.25) is 0 Å². The quantitative estimate of drug-likeness (QED) is 0.288. The third-order valence-electron chi connectivity index (χ3n) is 6.33. The molecular formula is C28H35F3N2O. The van der Waals surface area contributed by atoms with Crippen LogP contribution in [0.4, 0.5) is 13.2 Å². The number of benzene rings is 2. The van der Waals surface area contributed by atoms with Gasteiger partial charge in [-0.15, -0.1) is 0 Å². The maximum Gasteiger partial charge on any atom is 0.416 e. The average Bonchev–Trinajstić information content (AvgIpc) is 2.94. The molecule has 6 heteroatoms. The Kier molecular flexibility index (Phi) is 4.80. The lowest BCUT2D eigenvalue weighted by atomic mass is 9.81. The van der Waals surface area contributed by atoms with Crippen LogP contribution >= 0.6 is 0 Å². The lowest BCUT2D eigenvalue weighted by Gasteiger charge is -2.31. The maximum atomic E-state index is 14.1. The van der Waals surface area contributed by atoms with Crippen molar-refractivity contribution in [3.63, 3.8) is 0 Å². The molecule has 0 aromatic heterocycles. The molecule has 1 aliphatic heterocycles. The smallest absolute Gasteiger partial charge is 0.391 e. The van der Waals surface area contributed by atoms with Crippen LogP contribution in [-0.4, -0.2) is 23.6 Å². The predicted octanol–water partition coefficient (Wildman–Crippen LogP) is 7.46. The maximum absolute atomic E-state index is 14.1. The molecule has 2 aliphatic rings. The molecule has 1 saturated heterocycles. The largest absolute Gasteiger partial charge is 0.416 e. The van der Waals surface area contributed by atoms with E-state index in [2.05, 4.69) is 5.16 Å². The van der Waals surface area contributed by atoms with Crippen LogP contribution in [0, 0.1) is 0 Å². The van der Waals surface area contributed by atoms with Gasteiger partial charge >= 0.3 is 6.18 Å². The van der Waals surface area contributed by atoms with E-state index in [0.29, 0.717) is 36.5 Å². The summed E-state index contributed by atoms with van der Waals surface area (Å²) >= 11 is 0. The van der Waals surface area contributed by atoms with Crippen molar-refractivity contribution in [2.24, 2.45) is 5.16 Å². The zero-order valence-corrected chi connectivity index (χ0v) is 19.0. The van der Waals surface area contributed by atoms with Gasteiger partial charge in [-0.25, -0.2) is 0 Å². The molecule has 0 atom stereocenters. The summed E-state index contributed by atoms with van der Waals surface area (Å²) in [5.41, 5.74) is -0.895. The molecule has 0 spiro atoms. The van der Waals surface area contributed by atoms with Gasteiger partial charge in [0.1, 0.15) is 6.56 Å². The van der Waals surface area contributed by atoms with Crippen molar-refractivity contribution in [2.45, 2.75) is 83.9 Å². The molecule has 2 aromatic carbocycles. The van der Waals surface area contributed by atoms with E-state index >= 15 is 0 Å². The molecule has 2 aromatic rings. The number of nitrogens with zero attached hydrogens (tertiary/aromatic N) is 2. The van der Waals surface area contributed by atoms with E-state index in [1.807, 2.05) is 0 Å². The van der Waals surface area contributed by atoms with Crippen molar-refractivity contribution in [2.75, 3.05) is 13.0 Å². The summed E-state index contributed by atoms with van der Waals surface area (Å²) in [6.45, 7) is -8.66. The number of likely N-dealkylation sites (tertiary alicyclic amines) is 1. The first kappa shape index (κ1) is 14.9. The number of rotatable bonds is 8. The number of oxime groups is 1. The molecule has 1 saturated carbocycles. The van der Waals surface area contributed by atoms with Crippen LogP contribution < -0.4 is 0 Å². The van der Waals surface area contributed by atoms with E-state index in [-0.39, 0.29) is 23.6 Å². The zero-order valence-electron chi connectivity index (χ0n) is 29.0. The van der Waals surface area contributed by atoms with Crippen molar-refractivity contribution in [3.05, 3.63) is 69.8 Å². The molecule has 3 nitrogen and oxygen atoms in total. The molecule has 184 valence electrons. The van der Waals surface area contributed by atoms with Gasteiger partial charge in [0, 0.05) is 17.5 Å². The summed E-state index contributed by atoms with van der Waals surface area (Å²) in [4.78, 5) is 5.95. The summed E-state index contributed by atoms with van der Waals surface area (Å²) in [7, 11) is 0. The van der Waals surface area contributed by atoms with Gasteiger partial charge in [-0.3, -0.25) is 4.90 Å². The molecular weight excluding hydrogens is 437 g/mol. The van der Waals surface area contributed by atoms with Crippen LogP contribution in [0.1, 0.15) is 105 Å². The van der Waals surface area contributed by atoms with Gasteiger partial charge in [-0.05, 0) is 91.4 Å². The molecule has 0 unspecified atom stereocenters. The molecule has 34 heavy (non-hydrogen) atoms. The SMILES string of the molecule is [2H]C1C([2H])([2H])N(Cc2ccc(/C(=N/OC([2H])([2H])c3ccc(C4CCCCC4)c(C(F)(F)F)c3)C([2H])([2H])[2H])cc2CC)C1([2H])[2H]. The van der Waals surface area contributed by atoms with E-state index in [1.165, 1.54) is 30.3 Å². The minimum atomic E-state index is -4.74. The Morgan fingerprint density at radius 1 is 1.15 bits per heavy atom. The zero-order chi connectivity index (χ0) is 32.9. The first-order valence-electron chi connectivity index (χ1n) is 16.6. The monoisotopic (exact) mass is 482 g/mol. The highest BCUT2D eigenvalue weighted by Gasteiger charge is 2.35. The Morgan fingerprint density at radius 2 is 1.94 bits per heavy atom. The first-order valence-corrected chi connectivity index (χ1v) is 11.5. The summed E-state index contributed by atoms with van der Waals surface area (Å²) in [6.07, 6.45) is -2.18. The number of alkyl halides is 3. The van der Waals surface area contributed by atoms with Crippen molar-refractivity contribution >= 4 is 5.71 Å². The lowest BCUT2D eigenvalue weighted by molar-refractivity contribution is -0.138. The van der Waals surface area contributed by atoms with E-state index in [9.17, 15) is 13.2 Å². The van der Waals surface area contributed by atoms with E-state index < -0.39 is 55.8 Å². The van der Waals surface area contributed by atoms with Gasteiger partial charge < -0.3 is 4.84 Å². The Labute approximate surface area is 215 Å². The average molecular weight is 483 g/mol. The van der Waals surface area contributed by atoms with Crippen molar-refractivity contribution in [1.82, 2.24) is 4.90 Å². The summed E-state index contributed by atoms with van der Waals surface area (Å²) in [5, 5.41) is 3.61. The highest BCUT2D eigenvalue weighted by atomic mass is 19.4. The van der Waals surface area contributed by atoms with Crippen molar-refractivity contribution in [1.29, 1.82) is 0 Å². The van der Waals surface area contributed by atoms with Crippen LogP contribution in [0.3, 0.4) is 0 Å². The number of aryl methyl sites for hydroxylation is 1. The number of halogens is 3. The standard InChI is InChI=1S/C28H35F3N2O/c1-3-22-17-24(11-12-25(22)18-33-14-7-15-33)20(2)32-34-19-21-10-13-26(23-8-5-4-6-9-23)27(16-21)28(29,30)31/h10-13,16-17,23H,3-9,14-15,18-19H2,1-2H3/b32-20+/i2D3,7D,14D2,15D2,19D2. The molecule has 1 heterocycles. The minimum Gasteiger partial charge on any atom is -0.391 e. The minimum absolute atomic E-state index is 0.0259. The molecule has 1 aliphatic carbocycles. The first-order chi connectivity index (χ1) is 20.2. The second-order valence-electron chi connectivity index (χ2n) is 8.59. The third kappa shape index (κ3) is 6.01. The van der Waals surface area contributed by atoms with Crippen LogP contribution in [-0.2, 0) is 30.5 Å². The number of hydrogen-bond donors (Lipinski definition) is 0.